The van der Waals surface area contributed by atoms with Crippen molar-refractivity contribution in [2.24, 2.45) is 11.8 Å². The van der Waals surface area contributed by atoms with Crippen LogP contribution >= 0.6 is 0 Å². The molecule has 6 rings (SSSR count). The molecule has 1 aromatic rings. The van der Waals surface area contributed by atoms with Gasteiger partial charge >= 0.3 is 0 Å². The molecule has 5 fully saturated rings. The molecule has 25 heavy (non-hydrogen) atoms. The van der Waals surface area contributed by atoms with Gasteiger partial charge in [0.15, 0.2) is 5.75 Å². The van der Waals surface area contributed by atoms with Crippen LogP contribution in [-0.4, -0.2) is 33.5 Å². The molecule has 5 aliphatic rings. The second-order valence-corrected chi connectivity index (χ2v) is 8.09. The Balaban J connectivity index is 1.18. The van der Waals surface area contributed by atoms with Crippen molar-refractivity contribution in [1.29, 1.82) is 0 Å². The van der Waals surface area contributed by atoms with Gasteiger partial charge in [-0.25, -0.2) is 20.8 Å². The van der Waals surface area contributed by atoms with Crippen molar-refractivity contribution in [3.8, 4) is 5.75 Å². The normalized spacial score (nSPS) is 35.5. The van der Waals surface area contributed by atoms with Gasteiger partial charge in [0.2, 0.25) is 5.95 Å². The highest BCUT2D eigenvalue weighted by atomic mass is 16.8. The van der Waals surface area contributed by atoms with E-state index in [1.807, 2.05) is 0 Å². The fraction of sp³-hybridized carbons (Fsp3) is 0.778. The molecule has 2 N–H and O–H groups in total. The van der Waals surface area contributed by atoms with E-state index in [1.165, 1.54) is 38.5 Å². The minimum absolute atomic E-state index is 0.0420. The van der Waals surface area contributed by atoms with Crippen LogP contribution in [0.25, 0.3) is 0 Å². The van der Waals surface area contributed by atoms with E-state index < -0.39 is 0 Å². The van der Waals surface area contributed by atoms with E-state index in [4.69, 9.17) is 9.57 Å². The molecular formula is C18H27N5O2. The predicted molar refractivity (Wildman–Crippen MR) is 92.3 cm³/mol. The Bertz CT molecular complexity index is 598. The Morgan fingerprint density at radius 1 is 1.12 bits per heavy atom. The first-order valence-electron chi connectivity index (χ1n) is 9.77. The molecule has 1 aromatic heterocycles. The van der Waals surface area contributed by atoms with Crippen LogP contribution in [0.5, 0.6) is 5.75 Å². The van der Waals surface area contributed by atoms with E-state index >= 15 is 0 Å². The SMILES string of the molecule is c1nc(NN2NC[C@]3(CC4CCC3CC4)O2)ncc1OC1CCCC1. The Labute approximate surface area is 148 Å². The highest BCUT2D eigenvalue weighted by Gasteiger charge is 2.52. The van der Waals surface area contributed by atoms with Gasteiger partial charge in [0.05, 0.1) is 18.5 Å². The summed E-state index contributed by atoms with van der Waals surface area (Å²) in [5, 5.41) is 1.60. The summed E-state index contributed by atoms with van der Waals surface area (Å²) >= 11 is 0. The molecule has 7 nitrogen and oxygen atoms in total. The van der Waals surface area contributed by atoms with Crippen LogP contribution < -0.4 is 15.6 Å². The van der Waals surface area contributed by atoms with Crippen LogP contribution in [0, 0.1) is 11.8 Å². The summed E-state index contributed by atoms with van der Waals surface area (Å²) in [6.07, 6.45) is 15.1. The van der Waals surface area contributed by atoms with Crippen LogP contribution in [0.2, 0.25) is 0 Å². The molecule has 7 heteroatoms. The molecule has 1 atom stereocenters. The molecule has 0 amide bonds. The molecule has 0 aromatic carbocycles. The van der Waals surface area contributed by atoms with Gasteiger partial charge in [0.25, 0.3) is 0 Å². The van der Waals surface area contributed by atoms with Gasteiger partial charge in [-0.05, 0) is 74.9 Å². The van der Waals surface area contributed by atoms with Gasteiger partial charge in [0.1, 0.15) is 5.60 Å². The average Bonchev–Trinajstić information content (AvgIpc) is 3.28. The van der Waals surface area contributed by atoms with Crippen molar-refractivity contribution in [3.63, 3.8) is 0 Å². The zero-order valence-electron chi connectivity index (χ0n) is 14.6. The summed E-state index contributed by atoms with van der Waals surface area (Å²) in [5.74, 6) is 2.76. The molecule has 0 radical (unpaired) electrons. The molecule has 4 aliphatic carbocycles. The van der Waals surface area contributed by atoms with Gasteiger partial charge in [-0.1, -0.05) is 0 Å². The Hall–Kier alpha value is -1.44. The largest absolute Gasteiger partial charge is 0.487 e. The number of hydrogen-bond acceptors (Lipinski definition) is 7. The number of anilines is 1. The van der Waals surface area contributed by atoms with Crippen molar-refractivity contribution < 1.29 is 9.57 Å². The summed E-state index contributed by atoms with van der Waals surface area (Å²) in [6, 6.07) is 0. The predicted octanol–water partition coefficient (Wildman–Crippen LogP) is 2.83. The molecule has 4 saturated carbocycles. The average molecular weight is 345 g/mol. The number of ether oxygens (including phenoxy) is 1. The van der Waals surface area contributed by atoms with E-state index in [0.29, 0.717) is 18.0 Å². The molecule has 136 valence electrons. The highest BCUT2D eigenvalue weighted by molar-refractivity contribution is 5.25. The minimum atomic E-state index is -0.0420. The summed E-state index contributed by atoms with van der Waals surface area (Å²) in [6.45, 7) is 0.865. The van der Waals surface area contributed by atoms with Crippen molar-refractivity contribution in [2.75, 3.05) is 12.0 Å². The molecule has 1 spiro atoms. The maximum atomic E-state index is 6.27. The summed E-state index contributed by atoms with van der Waals surface area (Å²) in [5.41, 5.74) is 6.39. The summed E-state index contributed by atoms with van der Waals surface area (Å²) < 4.78 is 5.91. The smallest absolute Gasteiger partial charge is 0.240 e. The molecule has 2 heterocycles. The molecule has 1 aliphatic heterocycles. The second-order valence-electron chi connectivity index (χ2n) is 8.09. The van der Waals surface area contributed by atoms with E-state index in [2.05, 4.69) is 20.8 Å². The third-order valence-electron chi connectivity index (χ3n) is 6.45. The summed E-state index contributed by atoms with van der Waals surface area (Å²) in [4.78, 5) is 15.0. The van der Waals surface area contributed by atoms with Crippen molar-refractivity contribution >= 4 is 5.95 Å². The molecule has 2 bridgehead atoms. The fourth-order valence-corrected chi connectivity index (χ4v) is 5.11. The number of nitrogens with zero attached hydrogens (tertiary/aromatic N) is 3. The molecule has 0 unspecified atom stereocenters. The maximum Gasteiger partial charge on any atom is 0.240 e. The quantitative estimate of drug-likeness (QED) is 0.869. The van der Waals surface area contributed by atoms with Crippen LogP contribution in [0.3, 0.4) is 0 Å². The van der Waals surface area contributed by atoms with Crippen LogP contribution in [0.4, 0.5) is 5.95 Å². The van der Waals surface area contributed by atoms with Crippen molar-refractivity contribution in [3.05, 3.63) is 12.4 Å². The van der Waals surface area contributed by atoms with Crippen LogP contribution in [0.1, 0.15) is 57.8 Å². The van der Waals surface area contributed by atoms with Gasteiger partial charge in [-0.2, -0.15) is 0 Å². The van der Waals surface area contributed by atoms with E-state index in [9.17, 15) is 0 Å². The van der Waals surface area contributed by atoms with Crippen LogP contribution in [0.15, 0.2) is 12.4 Å². The third kappa shape index (κ3) is 3.09. The summed E-state index contributed by atoms with van der Waals surface area (Å²) in [7, 11) is 0. The number of nitrogens with one attached hydrogen (secondary N) is 2. The van der Waals surface area contributed by atoms with Crippen LogP contribution in [-0.2, 0) is 4.84 Å². The first-order valence-corrected chi connectivity index (χ1v) is 9.77. The first-order chi connectivity index (χ1) is 12.3. The number of rotatable bonds is 4. The first kappa shape index (κ1) is 15.8. The Kier molecular flexibility index (Phi) is 4.03. The second kappa shape index (κ2) is 6.37. The standard InChI is InChI=1S/C18H27N5O2/c1-2-4-15(3-1)24-16-10-19-17(20-11-16)22-23-21-12-18(25-23)9-13-5-7-14(18)8-6-13/h10-11,13-15,21H,1-9,12H2,(H,19,20,22)/t13?,14?,18-/m0/s1. The number of hydrazine groups is 2. The third-order valence-corrected chi connectivity index (χ3v) is 6.45. The monoisotopic (exact) mass is 345 g/mol. The zero-order valence-corrected chi connectivity index (χ0v) is 14.6. The Morgan fingerprint density at radius 3 is 2.56 bits per heavy atom. The Morgan fingerprint density at radius 2 is 1.88 bits per heavy atom. The lowest BCUT2D eigenvalue weighted by Crippen LogP contribution is -2.50. The minimum Gasteiger partial charge on any atom is -0.487 e. The number of fused-ring (bicyclic) bond motifs is 2. The lowest BCUT2D eigenvalue weighted by molar-refractivity contribution is -0.235. The van der Waals surface area contributed by atoms with Gasteiger partial charge in [-0.3, -0.25) is 4.84 Å². The van der Waals surface area contributed by atoms with E-state index in [1.54, 1.807) is 17.7 Å². The van der Waals surface area contributed by atoms with Gasteiger partial charge in [-0.15, -0.1) is 0 Å². The molecular weight excluding hydrogens is 318 g/mol. The van der Waals surface area contributed by atoms with E-state index in [-0.39, 0.29) is 5.60 Å². The highest BCUT2D eigenvalue weighted by Crippen LogP contribution is 2.50. The number of aromatic nitrogens is 2. The van der Waals surface area contributed by atoms with Crippen molar-refractivity contribution in [2.45, 2.75) is 69.5 Å². The lowest BCUT2D eigenvalue weighted by atomic mass is 9.62. The van der Waals surface area contributed by atoms with Gasteiger partial charge in [0, 0.05) is 6.54 Å². The maximum absolute atomic E-state index is 6.27. The lowest BCUT2D eigenvalue weighted by Gasteiger charge is -2.47. The zero-order chi connectivity index (χ0) is 16.7. The van der Waals surface area contributed by atoms with Gasteiger partial charge < -0.3 is 4.74 Å². The fourth-order valence-electron chi connectivity index (χ4n) is 5.11. The molecule has 1 saturated heterocycles. The van der Waals surface area contributed by atoms with Crippen molar-refractivity contribution in [1.82, 2.24) is 20.7 Å². The van der Waals surface area contributed by atoms with E-state index in [0.717, 1.165) is 37.5 Å². The number of hydrogen-bond donors (Lipinski definition) is 2. The topological polar surface area (TPSA) is 71.5 Å².